The van der Waals surface area contributed by atoms with Gasteiger partial charge in [-0.05, 0) is 0 Å². The lowest BCUT2D eigenvalue weighted by atomic mass is 10.3. The first kappa shape index (κ1) is 12.5. The molecule has 1 aliphatic rings. The second-order valence-corrected chi connectivity index (χ2v) is 4.41. The minimum absolute atomic E-state index is 0.497. The van der Waals surface area contributed by atoms with Crippen LogP contribution in [0.25, 0.3) is 0 Å². The van der Waals surface area contributed by atoms with Crippen LogP contribution in [0.3, 0.4) is 0 Å². The van der Waals surface area contributed by atoms with Crippen LogP contribution in [0.1, 0.15) is 0 Å². The van der Waals surface area contributed by atoms with Crippen molar-refractivity contribution in [2.45, 2.75) is 0 Å². The van der Waals surface area contributed by atoms with Gasteiger partial charge in [-0.25, -0.2) is 9.97 Å². The highest BCUT2D eigenvalue weighted by atomic mass is 35.5. The number of methoxy groups -OCH3 is 1. The first-order chi connectivity index (χ1) is 8.29. The molecule has 1 saturated heterocycles. The number of hydrogen-bond donors (Lipinski definition) is 0. The van der Waals surface area contributed by atoms with Gasteiger partial charge in [0.1, 0.15) is 17.3 Å². The molecule has 0 aliphatic carbocycles. The summed E-state index contributed by atoms with van der Waals surface area (Å²) < 4.78 is 5.08. The smallest absolute Gasteiger partial charge is 0.134 e. The molecule has 0 bridgehead atoms. The normalized spacial score (nSPS) is 17.4. The largest absolute Gasteiger partial charge is 0.383 e. The van der Waals surface area contributed by atoms with Gasteiger partial charge in [-0.15, -0.1) is 0 Å². The van der Waals surface area contributed by atoms with Crippen LogP contribution in [-0.2, 0) is 4.74 Å². The maximum absolute atomic E-state index is 5.86. The molecule has 0 unspecified atom stereocenters. The standard InChI is InChI=1S/C11H17ClN4O/c1-17-7-6-15-2-4-16(5-3-15)11-8-10(12)13-9-14-11/h8-9H,2-7H2,1H3. The minimum atomic E-state index is 0.497. The number of hydrogen-bond acceptors (Lipinski definition) is 5. The molecular weight excluding hydrogens is 240 g/mol. The van der Waals surface area contributed by atoms with Gasteiger partial charge in [0.25, 0.3) is 0 Å². The molecule has 6 heteroatoms. The second kappa shape index (κ2) is 6.14. The Hall–Kier alpha value is -0.910. The van der Waals surface area contributed by atoms with Crippen molar-refractivity contribution in [3.05, 3.63) is 17.5 Å². The van der Waals surface area contributed by atoms with Crippen molar-refractivity contribution in [3.8, 4) is 0 Å². The van der Waals surface area contributed by atoms with E-state index in [4.69, 9.17) is 16.3 Å². The van der Waals surface area contributed by atoms with Gasteiger partial charge in [0.2, 0.25) is 0 Å². The average molecular weight is 257 g/mol. The third kappa shape index (κ3) is 3.52. The molecule has 1 aliphatic heterocycles. The Morgan fingerprint density at radius 2 is 2.06 bits per heavy atom. The Morgan fingerprint density at radius 1 is 1.29 bits per heavy atom. The van der Waals surface area contributed by atoms with Gasteiger partial charge in [-0.3, -0.25) is 4.90 Å². The number of aromatic nitrogens is 2. The van der Waals surface area contributed by atoms with Crippen molar-refractivity contribution < 1.29 is 4.74 Å². The molecule has 94 valence electrons. The maximum atomic E-state index is 5.86. The molecule has 0 saturated carbocycles. The summed E-state index contributed by atoms with van der Waals surface area (Å²) in [5, 5.41) is 0.497. The van der Waals surface area contributed by atoms with Crippen LogP contribution in [0.15, 0.2) is 12.4 Å². The first-order valence-electron chi connectivity index (χ1n) is 5.73. The van der Waals surface area contributed by atoms with Crippen LogP contribution >= 0.6 is 11.6 Å². The van der Waals surface area contributed by atoms with E-state index in [1.165, 1.54) is 6.33 Å². The second-order valence-electron chi connectivity index (χ2n) is 4.02. The Bertz CT molecular complexity index is 355. The van der Waals surface area contributed by atoms with Crippen molar-refractivity contribution in [1.29, 1.82) is 0 Å². The number of halogens is 1. The Labute approximate surface area is 106 Å². The van der Waals surface area contributed by atoms with Crippen LogP contribution in [-0.4, -0.2) is 61.3 Å². The zero-order chi connectivity index (χ0) is 12.1. The van der Waals surface area contributed by atoms with Crippen LogP contribution < -0.4 is 4.90 Å². The van der Waals surface area contributed by atoms with Crippen LogP contribution in [0, 0.1) is 0 Å². The Balaban J connectivity index is 1.86. The molecule has 1 aromatic heterocycles. The number of ether oxygens (including phenoxy) is 1. The molecule has 1 fully saturated rings. The molecule has 0 N–H and O–H groups in total. The molecule has 2 heterocycles. The van der Waals surface area contributed by atoms with Gasteiger partial charge in [0.15, 0.2) is 0 Å². The van der Waals surface area contributed by atoms with E-state index in [2.05, 4.69) is 19.8 Å². The number of nitrogens with zero attached hydrogens (tertiary/aromatic N) is 4. The third-order valence-electron chi connectivity index (χ3n) is 2.93. The van der Waals surface area contributed by atoms with E-state index in [9.17, 15) is 0 Å². The lowest BCUT2D eigenvalue weighted by Gasteiger charge is -2.35. The third-order valence-corrected chi connectivity index (χ3v) is 3.13. The molecule has 1 aromatic rings. The predicted octanol–water partition coefficient (Wildman–Crippen LogP) is 0.898. The fraction of sp³-hybridized carbons (Fsp3) is 0.636. The summed E-state index contributed by atoms with van der Waals surface area (Å²) in [4.78, 5) is 12.8. The molecule has 0 amide bonds. The zero-order valence-electron chi connectivity index (χ0n) is 9.97. The van der Waals surface area contributed by atoms with Gasteiger partial charge >= 0.3 is 0 Å². The highest BCUT2D eigenvalue weighted by Gasteiger charge is 2.17. The molecule has 17 heavy (non-hydrogen) atoms. The van der Waals surface area contributed by atoms with Crippen molar-refractivity contribution in [2.75, 3.05) is 51.3 Å². The summed E-state index contributed by atoms with van der Waals surface area (Å²) in [7, 11) is 1.74. The molecule has 0 radical (unpaired) electrons. The fourth-order valence-electron chi connectivity index (χ4n) is 1.92. The lowest BCUT2D eigenvalue weighted by molar-refractivity contribution is 0.144. The monoisotopic (exact) mass is 256 g/mol. The molecule has 5 nitrogen and oxygen atoms in total. The van der Waals surface area contributed by atoms with Crippen molar-refractivity contribution in [3.63, 3.8) is 0 Å². The maximum Gasteiger partial charge on any atom is 0.134 e. The van der Waals surface area contributed by atoms with Gasteiger partial charge < -0.3 is 9.64 Å². The molecule has 0 spiro atoms. The quantitative estimate of drug-likeness (QED) is 0.749. The van der Waals surface area contributed by atoms with Crippen molar-refractivity contribution in [2.24, 2.45) is 0 Å². The van der Waals surface area contributed by atoms with Gasteiger partial charge in [-0.2, -0.15) is 0 Å². The number of anilines is 1. The van der Waals surface area contributed by atoms with E-state index in [1.54, 1.807) is 7.11 Å². The topological polar surface area (TPSA) is 41.5 Å². The number of piperazine rings is 1. The summed E-state index contributed by atoms with van der Waals surface area (Å²) in [6.07, 6.45) is 1.51. The summed E-state index contributed by atoms with van der Waals surface area (Å²) >= 11 is 5.86. The van der Waals surface area contributed by atoms with Crippen molar-refractivity contribution in [1.82, 2.24) is 14.9 Å². The predicted molar refractivity (Wildman–Crippen MR) is 67.6 cm³/mol. The van der Waals surface area contributed by atoms with E-state index in [0.29, 0.717) is 5.15 Å². The van der Waals surface area contributed by atoms with E-state index in [1.807, 2.05) is 6.07 Å². The Kier molecular flexibility index (Phi) is 4.53. The summed E-state index contributed by atoms with van der Waals surface area (Å²) in [6, 6.07) is 1.81. The number of rotatable bonds is 4. The zero-order valence-corrected chi connectivity index (χ0v) is 10.7. The van der Waals surface area contributed by atoms with E-state index < -0.39 is 0 Å². The summed E-state index contributed by atoms with van der Waals surface area (Å²) in [6.45, 7) is 5.79. The fourth-order valence-corrected chi connectivity index (χ4v) is 2.06. The van der Waals surface area contributed by atoms with E-state index in [0.717, 1.165) is 45.1 Å². The summed E-state index contributed by atoms with van der Waals surface area (Å²) in [5.41, 5.74) is 0. The van der Waals surface area contributed by atoms with Gasteiger partial charge in [-0.1, -0.05) is 11.6 Å². The lowest BCUT2D eigenvalue weighted by Crippen LogP contribution is -2.47. The molecule has 0 atom stereocenters. The summed E-state index contributed by atoms with van der Waals surface area (Å²) in [5.74, 6) is 0.913. The molecule has 0 aromatic carbocycles. The van der Waals surface area contributed by atoms with E-state index in [-0.39, 0.29) is 0 Å². The van der Waals surface area contributed by atoms with E-state index >= 15 is 0 Å². The Morgan fingerprint density at radius 3 is 2.71 bits per heavy atom. The molecular formula is C11H17ClN4O. The highest BCUT2D eigenvalue weighted by Crippen LogP contribution is 2.15. The van der Waals surface area contributed by atoms with Gasteiger partial charge in [0, 0.05) is 45.9 Å². The molecule has 2 rings (SSSR count). The van der Waals surface area contributed by atoms with Crippen LogP contribution in [0.5, 0.6) is 0 Å². The minimum Gasteiger partial charge on any atom is -0.383 e. The first-order valence-corrected chi connectivity index (χ1v) is 6.11. The SMILES string of the molecule is COCCN1CCN(c2cc(Cl)ncn2)CC1. The highest BCUT2D eigenvalue weighted by molar-refractivity contribution is 6.29. The van der Waals surface area contributed by atoms with Crippen LogP contribution in [0.2, 0.25) is 5.15 Å². The van der Waals surface area contributed by atoms with Gasteiger partial charge in [0.05, 0.1) is 6.61 Å². The van der Waals surface area contributed by atoms with Crippen LogP contribution in [0.4, 0.5) is 5.82 Å². The average Bonchev–Trinajstić information content (AvgIpc) is 2.37. The van der Waals surface area contributed by atoms with Crippen molar-refractivity contribution >= 4 is 17.4 Å².